The molecule has 31 heavy (non-hydrogen) atoms. The predicted molar refractivity (Wildman–Crippen MR) is 119 cm³/mol. The molecule has 4 rings (SSSR count). The molecule has 0 spiro atoms. The summed E-state index contributed by atoms with van der Waals surface area (Å²) in [5, 5.41) is 3.82. The highest BCUT2D eigenvalue weighted by atomic mass is 32.2. The summed E-state index contributed by atoms with van der Waals surface area (Å²) in [6.45, 7) is 1.66. The zero-order valence-electron chi connectivity index (χ0n) is 16.5. The van der Waals surface area contributed by atoms with Crippen LogP contribution in [0.1, 0.15) is 32.5 Å². The Balaban J connectivity index is 1.47. The van der Waals surface area contributed by atoms with Crippen LogP contribution in [-0.4, -0.2) is 25.1 Å². The van der Waals surface area contributed by atoms with Gasteiger partial charge in [-0.25, -0.2) is 8.42 Å². The lowest BCUT2D eigenvalue weighted by Gasteiger charge is -2.08. The Morgan fingerprint density at radius 2 is 1.77 bits per heavy atom. The van der Waals surface area contributed by atoms with Gasteiger partial charge in [-0.2, -0.15) is 0 Å². The maximum atomic E-state index is 12.9. The summed E-state index contributed by atoms with van der Waals surface area (Å²) < 4.78 is 26.7. The Morgan fingerprint density at radius 3 is 2.48 bits per heavy atom. The number of carbonyl (C=O) groups is 2. The lowest BCUT2D eigenvalue weighted by Crippen LogP contribution is -2.21. The number of rotatable bonds is 6. The fraction of sp³-hybridized carbons (Fsp3) is 0.0870. The first kappa shape index (κ1) is 20.9. The molecule has 2 heterocycles. The lowest BCUT2D eigenvalue weighted by atomic mass is 10.2. The van der Waals surface area contributed by atoms with Gasteiger partial charge in [0.1, 0.15) is 0 Å². The number of thiophene rings is 1. The van der Waals surface area contributed by atoms with Gasteiger partial charge in [0.2, 0.25) is 9.84 Å². The molecule has 1 amide bonds. The number of ketones is 1. The molecular formula is C23H18N2O4S2. The predicted octanol–water partition coefficient (Wildman–Crippen LogP) is 4.26. The second-order valence-electron chi connectivity index (χ2n) is 6.94. The van der Waals surface area contributed by atoms with Crippen LogP contribution in [0.15, 0.2) is 82.8 Å². The fourth-order valence-electron chi connectivity index (χ4n) is 3.07. The van der Waals surface area contributed by atoms with Crippen molar-refractivity contribution in [2.45, 2.75) is 23.3 Å². The van der Waals surface area contributed by atoms with Crippen LogP contribution in [0.25, 0.3) is 10.1 Å². The number of amides is 1. The Labute approximate surface area is 183 Å². The molecule has 0 unspecified atom stereocenters. The van der Waals surface area contributed by atoms with E-state index in [1.165, 1.54) is 42.5 Å². The zero-order chi connectivity index (χ0) is 22.0. The molecular weight excluding hydrogens is 432 g/mol. The normalized spacial score (nSPS) is 11.4. The molecule has 0 atom stereocenters. The number of nitrogens with zero attached hydrogens (tertiary/aromatic N) is 1. The van der Waals surface area contributed by atoms with Crippen LogP contribution >= 0.6 is 11.3 Å². The third-order valence-electron chi connectivity index (χ3n) is 4.78. The Bertz CT molecular complexity index is 1360. The molecule has 0 bridgehead atoms. The van der Waals surface area contributed by atoms with E-state index in [2.05, 4.69) is 10.3 Å². The maximum absolute atomic E-state index is 12.9. The van der Waals surface area contributed by atoms with E-state index in [0.717, 1.165) is 15.6 Å². The van der Waals surface area contributed by atoms with Crippen LogP contribution in [-0.2, 0) is 16.4 Å². The number of benzene rings is 2. The molecule has 2 aromatic carbocycles. The van der Waals surface area contributed by atoms with Crippen molar-refractivity contribution in [1.82, 2.24) is 10.3 Å². The number of carbonyl (C=O) groups excluding carboxylic acids is 2. The van der Waals surface area contributed by atoms with Gasteiger partial charge in [-0.1, -0.05) is 24.3 Å². The second-order valence-corrected chi connectivity index (χ2v) is 9.97. The van der Waals surface area contributed by atoms with E-state index in [1.807, 2.05) is 12.1 Å². The first-order valence-corrected chi connectivity index (χ1v) is 11.7. The third kappa shape index (κ3) is 4.40. The molecule has 1 N–H and O–H groups in total. The number of hydrogen-bond donors (Lipinski definition) is 1. The summed E-state index contributed by atoms with van der Waals surface area (Å²) in [5.41, 5.74) is 1.12. The van der Waals surface area contributed by atoms with Crippen LogP contribution < -0.4 is 5.32 Å². The number of sulfone groups is 1. The summed E-state index contributed by atoms with van der Waals surface area (Å²) in [4.78, 5) is 28.8. The SMILES string of the molecule is CC(=O)c1cccc(S(=O)(=O)c2ccc(CNC(=O)c3cc4ccncc4s3)cc2)c1. The van der Waals surface area contributed by atoms with Gasteiger partial charge in [-0.15, -0.1) is 11.3 Å². The van der Waals surface area contributed by atoms with Crippen LogP contribution in [0.2, 0.25) is 0 Å². The molecule has 4 aromatic rings. The lowest BCUT2D eigenvalue weighted by molar-refractivity contribution is 0.0954. The average molecular weight is 451 g/mol. The largest absolute Gasteiger partial charge is 0.347 e. The van der Waals surface area contributed by atoms with Gasteiger partial charge in [0.05, 0.1) is 19.4 Å². The van der Waals surface area contributed by atoms with Gasteiger partial charge < -0.3 is 5.32 Å². The van der Waals surface area contributed by atoms with Crippen molar-refractivity contribution in [3.8, 4) is 0 Å². The van der Waals surface area contributed by atoms with Crippen LogP contribution in [0.3, 0.4) is 0 Å². The van der Waals surface area contributed by atoms with Crippen LogP contribution in [0, 0.1) is 0 Å². The molecule has 156 valence electrons. The van der Waals surface area contributed by atoms with Crippen molar-refractivity contribution in [1.29, 1.82) is 0 Å². The van der Waals surface area contributed by atoms with Crippen molar-refractivity contribution in [3.05, 3.63) is 89.1 Å². The summed E-state index contributed by atoms with van der Waals surface area (Å²) in [6, 6.07) is 16.0. The number of Topliss-reactive ketones (excluding diaryl/α,β-unsaturated/α-hetero) is 1. The van der Waals surface area contributed by atoms with E-state index in [4.69, 9.17) is 0 Å². The molecule has 2 aromatic heterocycles. The van der Waals surface area contributed by atoms with Crippen molar-refractivity contribution in [2.75, 3.05) is 0 Å². The van der Waals surface area contributed by atoms with E-state index >= 15 is 0 Å². The molecule has 8 heteroatoms. The standard InChI is InChI=1S/C23H18N2O4S2/c1-15(26)17-3-2-4-20(11-17)31(28,29)19-7-5-16(6-8-19)13-25-23(27)21-12-18-9-10-24-14-22(18)30-21/h2-12,14H,13H2,1H3,(H,25,27). The zero-order valence-corrected chi connectivity index (χ0v) is 18.2. The number of hydrogen-bond acceptors (Lipinski definition) is 6. The highest BCUT2D eigenvalue weighted by Gasteiger charge is 2.18. The third-order valence-corrected chi connectivity index (χ3v) is 7.64. The van der Waals surface area contributed by atoms with Crippen LogP contribution in [0.4, 0.5) is 0 Å². The molecule has 0 saturated carbocycles. The second kappa shape index (κ2) is 8.41. The first-order chi connectivity index (χ1) is 14.8. The molecule has 0 aliphatic rings. The van der Waals surface area contributed by atoms with Gasteiger partial charge >= 0.3 is 0 Å². The van der Waals surface area contributed by atoms with E-state index in [1.54, 1.807) is 36.7 Å². The molecule has 0 radical (unpaired) electrons. The van der Waals surface area contributed by atoms with Crippen molar-refractivity contribution in [3.63, 3.8) is 0 Å². The Kier molecular flexibility index (Phi) is 5.67. The Morgan fingerprint density at radius 1 is 1.00 bits per heavy atom. The summed E-state index contributed by atoms with van der Waals surface area (Å²) in [5.74, 6) is -0.392. The highest BCUT2D eigenvalue weighted by Crippen LogP contribution is 2.25. The van der Waals surface area contributed by atoms with Gasteiger partial charge in [0.25, 0.3) is 5.91 Å². The topological polar surface area (TPSA) is 93.2 Å². The maximum Gasteiger partial charge on any atom is 0.261 e. The molecule has 0 aliphatic heterocycles. The van der Waals surface area contributed by atoms with Crippen LogP contribution in [0.5, 0.6) is 0 Å². The Hall–Kier alpha value is -3.36. The van der Waals surface area contributed by atoms with E-state index in [-0.39, 0.29) is 28.0 Å². The average Bonchev–Trinajstić information content (AvgIpc) is 3.22. The summed E-state index contributed by atoms with van der Waals surface area (Å²) in [7, 11) is -3.74. The quantitative estimate of drug-likeness (QED) is 0.443. The van der Waals surface area contributed by atoms with Gasteiger partial charge in [-0.05, 0) is 54.3 Å². The van der Waals surface area contributed by atoms with E-state index < -0.39 is 9.84 Å². The number of nitrogens with one attached hydrogen (secondary N) is 1. The monoisotopic (exact) mass is 450 g/mol. The summed E-state index contributed by atoms with van der Waals surface area (Å²) >= 11 is 1.37. The molecule has 6 nitrogen and oxygen atoms in total. The first-order valence-electron chi connectivity index (χ1n) is 9.41. The van der Waals surface area contributed by atoms with E-state index in [9.17, 15) is 18.0 Å². The van der Waals surface area contributed by atoms with Gasteiger partial charge in [0, 0.05) is 24.5 Å². The molecule has 0 aliphatic carbocycles. The number of pyridine rings is 1. The smallest absolute Gasteiger partial charge is 0.261 e. The highest BCUT2D eigenvalue weighted by molar-refractivity contribution is 7.91. The van der Waals surface area contributed by atoms with Crippen molar-refractivity contribution >= 4 is 43.0 Å². The van der Waals surface area contributed by atoms with Gasteiger partial charge in [-0.3, -0.25) is 14.6 Å². The minimum absolute atomic E-state index is 0.0699. The fourth-order valence-corrected chi connectivity index (χ4v) is 5.32. The van der Waals surface area contributed by atoms with Gasteiger partial charge in [0.15, 0.2) is 5.78 Å². The molecule has 0 fully saturated rings. The van der Waals surface area contributed by atoms with E-state index in [0.29, 0.717) is 10.4 Å². The molecule has 0 saturated heterocycles. The number of aromatic nitrogens is 1. The van der Waals surface area contributed by atoms with Crippen molar-refractivity contribution < 1.29 is 18.0 Å². The van der Waals surface area contributed by atoms with Crippen molar-refractivity contribution in [2.24, 2.45) is 0 Å². The minimum atomic E-state index is -3.74. The summed E-state index contributed by atoms with van der Waals surface area (Å²) in [6.07, 6.45) is 3.41. The minimum Gasteiger partial charge on any atom is -0.347 e. The number of fused-ring (bicyclic) bond motifs is 1.